The van der Waals surface area contributed by atoms with Gasteiger partial charge >= 0.3 is 5.97 Å². The van der Waals surface area contributed by atoms with E-state index in [1.165, 1.54) is 12.7 Å². The number of hydrogen-bond acceptors (Lipinski definition) is 6. The van der Waals surface area contributed by atoms with Gasteiger partial charge in [0.25, 0.3) is 0 Å². The van der Waals surface area contributed by atoms with E-state index in [2.05, 4.69) is 43.0 Å². The molecule has 7 heteroatoms. The average molecular weight is 428 g/mol. The molecule has 0 radical (unpaired) electrons. The highest BCUT2D eigenvalue weighted by Crippen LogP contribution is 2.30. The molecule has 0 aliphatic heterocycles. The Morgan fingerprint density at radius 2 is 1.87 bits per heavy atom. The molecule has 0 saturated heterocycles. The molecule has 1 atom stereocenters. The first-order valence-corrected chi connectivity index (χ1v) is 10.2. The van der Waals surface area contributed by atoms with Gasteiger partial charge in [-0.3, -0.25) is 9.67 Å². The van der Waals surface area contributed by atoms with Gasteiger partial charge in [-0.15, -0.1) is 0 Å². The number of benzene rings is 1. The molecule has 0 saturated carbocycles. The molecule has 0 aliphatic carbocycles. The van der Waals surface area contributed by atoms with Gasteiger partial charge in [0.05, 0.1) is 5.69 Å². The number of aryl methyl sites for hydroxylation is 2. The Hall–Kier alpha value is -2.93. The third-order valence-electron chi connectivity index (χ3n) is 4.64. The van der Waals surface area contributed by atoms with E-state index >= 15 is 0 Å². The van der Waals surface area contributed by atoms with Crippen molar-refractivity contribution in [2.75, 3.05) is 20.8 Å². The van der Waals surface area contributed by atoms with Crippen molar-refractivity contribution in [3.05, 3.63) is 52.8 Å². The molecule has 0 amide bonds. The maximum absolute atomic E-state index is 11.9. The monoisotopic (exact) mass is 427 g/mol. The van der Waals surface area contributed by atoms with E-state index in [-0.39, 0.29) is 12.0 Å². The number of allylic oxidation sites excluding steroid dienone is 1. The highest BCUT2D eigenvalue weighted by atomic mass is 16.7. The molecule has 0 spiro atoms. The number of rotatable bonds is 8. The Morgan fingerprint density at radius 3 is 2.35 bits per heavy atom. The standard InChI is InChI=1S/C24H33N3O4/c1-16-13-21(27(7)26-16)23(31-17(2)30-22(28)15-29-8)20(14-25-6)18-9-11-19(12-10-18)24(3,4)5/h9-14,17H,15H2,1-8H3/b23-20-,25-14?. The molecule has 2 aromatic rings. The fourth-order valence-corrected chi connectivity index (χ4v) is 3.16. The van der Waals surface area contributed by atoms with Crippen LogP contribution in [0.2, 0.25) is 0 Å². The lowest BCUT2D eigenvalue weighted by molar-refractivity contribution is -0.168. The van der Waals surface area contributed by atoms with E-state index in [1.54, 1.807) is 24.9 Å². The van der Waals surface area contributed by atoms with Crippen LogP contribution in [0.4, 0.5) is 0 Å². The van der Waals surface area contributed by atoms with Crippen LogP contribution in [0.25, 0.3) is 11.3 Å². The zero-order valence-electron chi connectivity index (χ0n) is 19.7. The highest BCUT2D eigenvalue weighted by Gasteiger charge is 2.21. The van der Waals surface area contributed by atoms with Crippen molar-refractivity contribution in [2.24, 2.45) is 12.0 Å². The molecule has 1 aromatic heterocycles. The Morgan fingerprint density at radius 1 is 1.23 bits per heavy atom. The Balaban J connectivity index is 2.57. The van der Waals surface area contributed by atoms with E-state index in [9.17, 15) is 4.79 Å². The van der Waals surface area contributed by atoms with Crippen LogP contribution in [0, 0.1) is 6.92 Å². The second-order valence-corrected chi connectivity index (χ2v) is 8.36. The van der Waals surface area contributed by atoms with Crippen molar-refractivity contribution in [2.45, 2.75) is 46.3 Å². The highest BCUT2D eigenvalue weighted by molar-refractivity contribution is 6.18. The summed E-state index contributed by atoms with van der Waals surface area (Å²) >= 11 is 0. The maximum atomic E-state index is 11.9. The molecule has 7 nitrogen and oxygen atoms in total. The second kappa shape index (κ2) is 10.4. The van der Waals surface area contributed by atoms with Gasteiger partial charge in [0, 0.05) is 39.9 Å². The van der Waals surface area contributed by atoms with Crippen molar-refractivity contribution >= 4 is 23.5 Å². The Kier molecular flexibility index (Phi) is 8.16. The third kappa shape index (κ3) is 6.52. The number of hydrogen-bond donors (Lipinski definition) is 0. The lowest BCUT2D eigenvalue weighted by Gasteiger charge is -2.21. The first-order chi connectivity index (χ1) is 14.6. The molecule has 1 unspecified atom stereocenters. The van der Waals surface area contributed by atoms with Gasteiger partial charge in [-0.2, -0.15) is 5.10 Å². The fraction of sp³-hybridized carbons (Fsp3) is 0.458. The summed E-state index contributed by atoms with van der Waals surface area (Å²) in [6.45, 7) is 9.96. The Labute approximate surface area is 184 Å². The van der Waals surface area contributed by atoms with Crippen LogP contribution in [0.1, 0.15) is 50.2 Å². The number of aromatic nitrogens is 2. The minimum atomic E-state index is -0.832. The summed E-state index contributed by atoms with van der Waals surface area (Å²) in [5.41, 5.74) is 4.57. The number of nitrogens with zero attached hydrogens (tertiary/aromatic N) is 3. The summed E-state index contributed by atoms with van der Waals surface area (Å²) in [5, 5.41) is 4.44. The summed E-state index contributed by atoms with van der Waals surface area (Å²) in [5.74, 6) is 0.0192. The van der Waals surface area contributed by atoms with Crippen LogP contribution in [-0.2, 0) is 31.5 Å². The predicted octanol–water partition coefficient (Wildman–Crippen LogP) is 4.15. The number of carbonyl (C=O) groups is 1. The molecule has 1 heterocycles. The quantitative estimate of drug-likeness (QED) is 0.274. The van der Waals surface area contributed by atoms with Crippen molar-refractivity contribution in [1.82, 2.24) is 9.78 Å². The van der Waals surface area contributed by atoms with E-state index in [0.717, 1.165) is 22.5 Å². The zero-order chi connectivity index (χ0) is 23.2. The van der Waals surface area contributed by atoms with E-state index in [1.807, 2.05) is 32.2 Å². The second-order valence-electron chi connectivity index (χ2n) is 8.36. The number of methoxy groups -OCH3 is 1. The van der Waals surface area contributed by atoms with Gasteiger partial charge in [-0.1, -0.05) is 45.0 Å². The molecule has 0 aliphatic rings. The average Bonchev–Trinajstić information content (AvgIpc) is 3.02. The molecule has 168 valence electrons. The van der Waals surface area contributed by atoms with Gasteiger partial charge in [0.15, 0.2) is 5.76 Å². The summed E-state index contributed by atoms with van der Waals surface area (Å²) in [6.07, 6.45) is 0.912. The number of carbonyl (C=O) groups excluding carboxylic acids is 1. The fourth-order valence-electron chi connectivity index (χ4n) is 3.16. The minimum absolute atomic E-state index is 0.0454. The first kappa shape index (κ1) is 24.3. The maximum Gasteiger partial charge on any atom is 0.335 e. The Bertz CT molecular complexity index is 950. The molecule has 31 heavy (non-hydrogen) atoms. The number of esters is 1. The van der Waals surface area contributed by atoms with Gasteiger partial charge in [-0.25, -0.2) is 4.79 Å². The van der Waals surface area contributed by atoms with E-state index in [4.69, 9.17) is 14.2 Å². The van der Waals surface area contributed by atoms with Crippen molar-refractivity contribution in [3.63, 3.8) is 0 Å². The lowest BCUT2D eigenvalue weighted by atomic mass is 9.86. The predicted molar refractivity (Wildman–Crippen MR) is 123 cm³/mol. The molecule has 0 N–H and O–H groups in total. The first-order valence-electron chi connectivity index (χ1n) is 10.2. The van der Waals surface area contributed by atoms with E-state index < -0.39 is 12.3 Å². The van der Waals surface area contributed by atoms with Crippen LogP contribution in [0.5, 0.6) is 0 Å². The normalized spacial score (nSPS) is 13.8. The SMILES string of the molecule is CN=C/C(=C(/OC(C)OC(=O)COC)c1cc(C)nn1C)c1ccc(C(C)(C)C)cc1. The summed E-state index contributed by atoms with van der Waals surface area (Å²) < 4.78 is 18.0. The smallest absolute Gasteiger partial charge is 0.335 e. The van der Waals surface area contributed by atoms with Crippen molar-refractivity contribution in [1.29, 1.82) is 0 Å². The molecule has 0 fully saturated rings. The van der Waals surface area contributed by atoms with Crippen LogP contribution in [0.3, 0.4) is 0 Å². The van der Waals surface area contributed by atoms with Crippen LogP contribution in [0.15, 0.2) is 35.3 Å². The molecule has 1 aromatic carbocycles. The summed E-state index contributed by atoms with van der Waals surface area (Å²) in [4.78, 5) is 16.1. The topological polar surface area (TPSA) is 74.9 Å². The van der Waals surface area contributed by atoms with Crippen molar-refractivity contribution < 1.29 is 19.0 Å². The van der Waals surface area contributed by atoms with Crippen LogP contribution in [-0.4, -0.2) is 49.0 Å². The molecular formula is C24H33N3O4. The molecule has 0 bridgehead atoms. The zero-order valence-corrected chi connectivity index (χ0v) is 19.7. The van der Waals surface area contributed by atoms with Gasteiger partial charge < -0.3 is 14.2 Å². The van der Waals surface area contributed by atoms with Gasteiger partial charge in [-0.05, 0) is 29.5 Å². The lowest BCUT2D eigenvalue weighted by Crippen LogP contribution is -2.21. The van der Waals surface area contributed by atoms with Crippen LogP contribution >= 0.6 is 0 Å². The summed E-state index contributed by atoms with van der Waals surface area (Å²) in [6, 6.07) is 10.2. The van der Waals surface area contributed by atoms with Gasteiger partial charge in [0.2, 0.25) is 6.29 Å². The largest absolute Gasteiger partial charge is 0.452 e. The van der Waals surface area contributed by atoms with Gasteiger partial charge in [0.1, 0.15) is 12.3 Å². The molecule has 2 rings (SSSR count). The third-order valence-corrected chi connectivity index (χ3v) is 4.64. The van der Waals surface area contributed by atoms with Crippen LogP contribution < -0.4 is 0 Å². The number of ether oxygens (including phenoxy) is 3. The summed E-state index contributed by atoms with van der Waals surface area (Å²) in [7, 11) is 4.99. The van der Waals surface area contributed by atoms with E-state index in [0.29, 0.717) is 5.76 Å². The minimum Gasteiger partial charge on any atom is -0.452 e. The van der Waals surface area contributed by atoms with Crippen molar-refractivity contribution in [3.8, 4) is 0 Å². The number of aliphatic imine (C=N–C) groups is 1. The molecular weight excluding hydrogens is 394 g/mol.